The van der Waals surface area contributed by atoms with E-state index >= 15 is 0 Å². The van der Waals surface area contributed by atoms with Crippen LogP contribution in [0.15, 0.2) is 60.8 Å². The monoisotopic (exact) mass is 366 g/mol. The van der Waals surface area contributed by atoms with Crippen molar-refractivity contribution < 1.29 is 9.59 Å². The van der Waals surface area contributed by atoms with Crippen LogP contribution in [0.2, 0.25) is 0 Å². The molecule has 0 radical (unpaired) electrons. The molecule has 5 heteroatoms. The van der Waals surface area contributed by atoms with E-state index in [0.29, 0.717) is 23.6 Å². The number of H-pyrrole nitrogens is 1. The summed E-state index contributed by atoms with van der Waals surface area (Å²) in [4.78, 5) is 27.1. The maximum absolute atomic E-state index is 12.0. The molecule has 0 atom stereocenters. The molecule has 0 aliphatic heterocycles. The Balaban J connectivity index is 1.32. The van der Waals surface area contributed by atoms with Gasteiger partial charge < -0.3 is 10.3 Å². The van der Waals surface area contributed by atoms with Crippen molar-refractivity contribution in [2.45, 2.75) is 12.8 Å². The Morgan fingerprint density at radius 3 is 2.58 bits per heavy atom. The summed E-state index contributed by atoms with van der Waals surface area (Å²) in [5.41, 5.74) is 3.11. The lowest BCUT2D eigenvalue weighted by Crippen LogP contribution is -2.26. The fraction of sp³-hybridized carbons (Fsp3) is 0.238. The average molecular weight is 366 g/mol. The Kier molecular flexibility index (Phi) is 6.50. The molecule has 1 amide bonds. The number of hydrogen-bond donors (Lipinski definition) is 2. The number of Topliss-reactive ketones (excluding diaryl/α,β-unsaturated/α-hetero) is 1. The van der Waals surface area contributed by atoms with Crippen molar-refractivity contribution in [1.29, 1.82) is 0 Å². The fourth-order valence-corrected chi connectivity index (χ4v) is 3.58. The van der Waals surface area contributed by atoms with Gasteiger partial charge in [0.1, 0.15) is 0 Å². The lowest BCUT2D eigenvalue weighted by Gasteiger charge is -2.05. The highest BCUT2D eigenvalue weighted by Crippen LogP contribution is 2.18. The van der Waals surface area contributed by atoms with E-state index in [1.165, 1.54) is 22.7 Å². The first-order chi connectivity index (χ1) is 12.7. The SMILES string of the molecule is O=C(CSCC(=O)c1ccccc1)NCCCc1c[nH]c2ccccc12. The van der Waals surface area contributed by atoms with Crippen LogP contribution in [0.1, 0.15) is 22.3 Å². The Hall–Kier alpha value is -2.53. The molecule has 0 aliphatic carbocycles. The molecule has 134 valence electrons. The summed E-state index contributed by atoms with van der Waals surface area (Å²) in [6, 6.07) is 17.4. The second-order valence-corrected chi connectivity index (χ2v) is 7.08. The van der Waals surface area contributed by atoms with E-state index in [4.69, 9.17) is 0 Å². The molecule has 3 rings (SSSR count). The van der Waals surface area contributed by atoms with Gasteiger partial charge >= 0.3 is 0 Å². The number of hydrogen-bond acceptors (Lipinski definition) is 3. The summed E-state index contributed by atoms with van der Waals surface area (Å²) in [7, 11) is 0. The summed E-state index contributed by atoms with van der Waals surface area (Å²) in [6.45, 7) is 0.644. The van der Waals surface area contributed by atoms with Crippen LogP contribution in [0.5, 0.6) is 0 Å². The Labute approximate surface area is 157 Å². The van der Waals surface area contributed by atoms with Gasteiger partial charge in [0.15, 0.2) is 5.78 Å². The number of ketones is 1. The largest absolute Gasteiger partial charge is 0.361 e. The van der Waals surface area contributed by atoms with Crippen molar-refractivity contribution in [3.05, 3.63) is 71.9 Å². The molecule has 1 aromatic heterocycles. The van der Waals surface area contributed by atoms with E-state index in [1.807, 2.05) is 36.5 Å². The number of para-hydroxylation sites is 1. The average Bonchev–Trinajstić information content (AvgIpc) is 3.09. The molecule has 4 nitrogen and oxygen atoms in total. The van der Waals surface area contributed by atoms with Crippen LogP contribution in [0.25, 0.3) is 10.9 Å². The van der Waals surface area contributed by atoms with Gasteiger partial charge in [-0.05, 0) is 24.5 Å². The van der Waals surface area contributed by atoms with Gasteiger partial charge in [0.05, 0.1) is 11.5 Å². The molecule has 26 heavy (non-hydrogen) atoms. The number of carbonyl (C=O) groups excluding carboxylic acids is 2. The molecule has 3 aromatic rings. The molecular formula is C21H22N2O2S. The van der Waals surface area contributed by atoms with Crippen molar-refractivity contribution in [3.63, 3.8) is 0 Å². The zero-order valence-electron chi connectivity index (χ0n) is 14.5. The minimum Gasteiger partial charge on any atom is -0.361 e. The van der Waals surface area contributed by atoms with E-state index in [2.05, 4.69) is 22.4 Å². The molecule has 0 aliphatic rings. The highest BCUT2D eigenvalue weighted by molar-refractivity contribution is 8.00. The first-order valence-electron chi connectivity index (χ1n) is 8.72. The molecule has 0 bridgehead atoms. The quantitative estimate of drug-likeness (QED) is 0.447. The second-order valence-electron chi connectivity index (χ2n) is 6.10. The standard InChI is InChI=1S/C21H22N2O2S/c24-20(16-7-2-1-3-8-16)14-26-15-21(25)22-12-6-9-17-13-23-19-11-5-4-10-18(17)19/h1-5,7-8,10-11,13,23H,6,9,12,14-15H2,(H,22,25). The van der Waals surface area contributed by atoms with E-state index in [1.54, 1.807) is 12.1 Å². The molecular weight excluding hydrogens is 344 g/mol. The van der Waals surface area contributed by atoms with Crippen LogP contribution in [0.3, 0.4) is 0 Å². The van der Waals surface area contributed by atoms with E-state index in [9.17, 15) is 9.59 Å². The minimum absolute atomic E-state index is 0.0187. The molecule has 1 heterocycles. The van der Waals surface area contributed by atoms with Gasteiger partial charge in [-0.1, -0.05) is 48.5 Å². The number of carbonyl (C=O) groups is 2. The molecule has 0 saturated carbocycles. The number of amides is 1. The predicted molar refractivity (Wildman–Crippen MR) is 108 cm³/mol. The molecule has 2 N–H and O–H groups in total. The molecule has 0 unspecified atom stereocenters. The summed E-state index contributed by atoms with van der Waals surface area (Å²) >= 11 is 1.36. The first-order valence-corrected chi connectivity index (χ1v) is 9.87. The highest BCUT2D eigenvalue weighted by atomic mass is 32.2. The molecule has 0 spiro atoms. The van der Waals surface area contributed by atoms with E-state index < -0.39 is 0 Å². The Morgan fingerprint density at radius 2 is 1.73 bits per heavy atom. The smallest absolute Gasteiger partial charge is 0.230 e. The Morgan fingerprint density at radius 1 is 0.962 bits per heavy atom. The molecule has 0 fully saturated rings. The maximum Gasteiger partial charge on any atom is 0.230 e. The van der Waals surface area contributed by atoms with Gasteiger partial charge in [0.25, 0.3) is 0 Å². The fourth-order valence-electron chi connectivity index (χ4n) is 2.84. The lowest BCUT2D eigenvalue weighted by atomic mass is 10.1. The van der Waals surface area contributed by atoms with Crippen molar-refractivity contribution in [2.24, 2.45) is 0 Å². The summed E-state index contributed by atoms with van der Waals surface area (Å²) < 4.78 is 0. The number of thioether (sulfide) groups is 1. The van der Waals surface area contributed by atoms with E-state index in [0.717, 1.165) is 18.4 Å². The topological polar surface area (TPSA) is 62.0 Å². The number of aromatic nitrogens is 1. The van der Waals surface area contributed by atoms with Crippen LogP contribution in [-0.2, 0) is 11.2 Å². The van der Waals surface area contributed by atoms with Crippen LogP contribution >= 0.6 is 11.8 Å². The van der Waals surface area contributed by atoms with Crippen molar-refractivity contribution in [2.75, 3.05) is 18.1 Å². The third-order valence-electron chi connectivity index (χ3n) is 4.18. The van der Waals surface area contributed by atoms with Gasteiger partial charge in [-0.3, -0.25) is 9.59 Å². The van der Waals surface area contributed by atoms with Gasteiger partial charge in [-0.25, -0.2) is 0 Å². The van der Waals surface area contributed by atoms with Gasteiger partial charge in [-0.15, -0.1) is 11.8 Å². The Bertz CT molecular complexity index is 874. The van der Waals surface area contributed by atoms with Crippen molar-refractivity contribution in [3.8, 4) is 0 Å². The normalized spacial score (nSPS) is 10.8. The lowest BCUT2D eigenvalue weighted by molar-refractivity contribution is -0.118. The van der Waals surface area contributed by atoms with Gasteiger partial charge in [-0.2, -0.15) is 0 Å². The summed E-state index contributed by atoms with van der Waals surface area (Å²) in [5.74, 6) is 0.677. The van der Waals surface area contributed by atoms with Crippen molar-refractivity contribution >= 4 is 34.4 Å². The summed E-state index contributed by atoms with van der Waals surface area (Å²) in [6.07, 6.45) is 3.85. The third-order valence-corrected chi connectivity index (χ3v) is 5.11. The van der Waals surface area contributed by atoms with Crippen molar-refractivity contribution in [1.82, 2.24) is 10.3 Å². The van der Waals surface area contributed by atoms with Crippen LogP contribution in [-0.4, -0.2) is 34.7 Å². The number of fused-ring (bicyclic) bond motifs is 1. The van der Waals surface area contributed by atoms with Crippen LogP contribution in [0, 0.1) is 0 Å². The number of aryl methyl sites for hydroxylation is 1. The summed E-state index contributed by atoms with van der Waals surface area (Å²) in [5, 5.41) is 4.17. The number of rotatable bonds is 9. The zero-order valence-corrected chi connectivity index (χ0v) is 15.4. The molecule has 2 aromatic carbocycles. The third kappa shape index (κ3) is 4.99. The first kappa shape index (κ1) is 18.3. The predicted octanol–water partition coefficient (Wildman–Crippen LogP) is 3.83. The minimum atomic E-state index is -0.0187. The van der Waals surface area contributed by atoms with E-state index in [-0.39, 0.29) is 11.7 Å². The van der Waals surface area contributed by atoms with Crippen LogP contribution in [0.4, 0.5) is 0 Å². The number of aromatic amines is 1. The highest BCUT2D eigenvalue weighted by Gasteiger charge is 2.08. The molecule has 0 saturated heterocycles. The second kappa shape index (κ2) is 9.25. The van der Waals surface area contributed by atoms with Crippen LogP contribution < -0.4 is 5.32 Å². The van der Waals surface area contributed by atoms with Gasteiger partial charge in [0, 0.05) is 29.2 Å². The van der Waals surface area contributed by atoms with Gasteiger partial charge in [0.2, 0.25) is 5.91 Å². The number of benzene rings is 2. The number of nitrogens with one attached hydrogen (secondary N) is 2. The maximum atomic E-state index is 12.0. The zero-order chi connectivity index (χ0) is 18.2.